The van der Waals surface area contributed by atoms with E-state index in [1.54, 1.807) is 0 Å². The minimum Gasteiger partial charge on any atom is -0.457 e. The molecule has 0 atom stereocenters. The van der Waals surface area contributed by atoms with Crippen LogP contribution in [0.3, 0.4) is 0 Å². The van der Waals surface area contributed by atoms with Crippen LogP contribution in [0, 0.1) is 11.8 Å². The first-order valence-corrected chi connectivity index (χ1v) is 15.6. The molecule has 2 aliphatic rings. The van der Waals surface area contributed by atoms with Gasteiger partial charge in [-0.25, -0.2) is 0 Å². The molecule has 48 heavy (non-hydrogen) atoms. The summed E-state index contributed by atoms with van der Waals surface area (Å²) in [4.78, 5) is 24.6. The molecule has 0 radical (unpaired) electrons. The highest BCUT2D eigenvalue weighted by Crippen LogP contribution is 2.45. The van der Waals surface area contributed by atoms with Gasteiger partial charge in [-0.2, -0.15) is 26.3 Å². The van der Waals surface area contributed by atoms with Crippen LogP contribution < -0.4 is 0 Å². The van der Waals surface area contributed by atoms with E-state index < -0.39 is 46.5 Å². The van der Waals surface area contributed by atoms with Gasteiger partial charge in [0.05, 0.1) is 23.0 Å². The number of benzene rings is 2. The van der Waals surface area contributed by atoms with Gasteiger partial charge in [0.15, 0.2) is 24.7 Å². The standard InChI is InChI=1S/C34H30F6N2O6/c35-33(36,37)26-13-12-21(14-25(26)28-15-22(47-41-28)17-45-31(43)19-6-1-2-7-19)24-10-5-11-27(34(38,39)40)30(24)29-16-23(48-42-29)18-46-32(44)20-8-3-4-9-20/h5,10-16,19-20H,1-4,6-9,17-18H2. The Morgan fingerprint density at radius 3 is 1.73 bits per heavy atom. The maximum atomic E-state index is 14.3. The molecular weight excluding hydrogens is 646 g/mol. The lowest BCUT2D eigenvalue weighted by Crippen LogP contribution is -2.14. The molecule has 14 heteroatoms. The predicted octanol–water partition coefficient (Wildman–Crippen LogP) is 9.17. The fourth-order valence-corrected chi connectivity index (χ4v) is 6.33. The molecule has 0 unspecified atom stereocenters. The van der Waals surface area contributed by atoms with Gasteiger partial charge in [-0.1, -0.05) is 54.2 Å². The van der Waals surface area contributed by atoms with Crippen molar-refractivity contribution in [3.05, 3.63) is 71.2 Å². The Labute approximate surface area is 270 Å². The molecular formula is C34H30F6N2O6. The second kappa shape index (κ2) is 13.5. The van der Waals surface area contributed by atoms with E-state index in [0.29, 0.717) is 25.7 Å². The summed E-state index contributed by atoms with van der Waals surface area (Å²) in [5.74, 6) is -1.35. The highest BCUT2D eigenvalue weighted by molar-refractivity contribution is 5.87. The number of carbonyl (C=O) groups excluding carboxylic acids is 2. The first kappa shape index (κ1) is 33.3. The monoisotopic (exact) mass is 676 g/mol. The van der Waals surface area contributed by atoms with Gasteiger partial charge in [0, 0.05) is 23.3 Å². The number of hydrogen-bond donors (Lipinski definition) is 0. The Hall–Kier alpha value is -4.62. The van der Waals surface area contributed by atoms with E-state index in [2.05, 4.69) is 10.3 Å². The number of carbonyl (C=O) groups is 2. The molecule has 0 amide bonds. The van der Waals surface area contributed by atoms with Gasteiger partial charge in [0.1, 0.15) is 11.4 Å². The third-order valence-electron chi connectivity index (χ3n) is 8.75. The van der Waals surface area contributed by atoms with Crippen molar-refractivity contribution < 1.29 is 54.5 Å². The predicted molar refractivity (Wildman–Crippen MR) is 156 cm³/mol. The molecule has 2 fully saturated rings. The van der Waals surface area contributed by atoms with Crippen LogP contribution in [0.2, 0.25) is 0 Å². The zero-order chi connectivity index (χ0) is 34.1. The Balaban J connectivity index is 1.33. The van der Waals surface area contributed by atoms with Gasteiger partial charge in [0.2, 0.25) is 0 Å². The summed E-state index contributed by atoms with van der Waals surface area (Å²) in [5, 5.41) is 7.57. The summed E-state index contributed by atoms with van der Waals surface area (Å²) in [6.07, 6.45) is -3.31. The van der Waals surface area contributed by atoms with Crippen LogP contribution in [0.15, 0.2) is 57.6 Å². The van der Waals surface area contributed by atoms with E-state index in [-0.39, 0.29) is 59.1 Å². The van der Waals surface area contributed by atoms with E-state index in [4.69, 9.17) is 18.5 Å². The van der Waals surface area contributed by atoms with Crippen molar-refractivity contribution in [2.45, 2.75) is 76.9 Å². The van der Waals surface area contributed by atoms with Gasteiger partial charge in [-0.05, 0) is 55.0 Å². The molecule has 0 saturated heterocycles. The fraction of sp³-hybridized carbons (Fsp3) is 0.412. The van der Waals surface area contributed by atoms with Crippen molar-refractivity contribution in [3.8, 4) is 33.6 Å². The summed E-state index contributed by atoms with van der Waals surface area (Å²) in [5.41, 5.74) is -3.69. The average Bonchev–Trinajstić information content (AvgIpc) is 3.89. The molecule has 2 aromatic heterocycles. The fourth-order valence-electron chi connectivity index (χ4n) is 6.33. The Kier molecular flexibility index (Phi) is 9.35. The molecule has 0 N–H and O–H groups in total. The summed E-state index contributed by atoms with van der Waals surface area (Å²) in [6.45, 7) is -0.688. The molecule has 0 aliphatic heterocycles. The lowest BCUT2D eigenvalue weighted by molar-refractivity contribution is -0.151. The molecule has 0 spiro atoms. The number of esters is 2. The summed E-state index contributed by atoms with van der Waals surface area (Å²) < 4.78 is 106. The molecule has 8 nitrogen and oxygen atoms in total. The van der Waals surface area contributed by atoms with E-state index in [9.17, 15) is 35.9 Å². The minimum absolute atomic E-state index is 0.00149. The van der Waals surface area contributed by atoms with Crippen LogP contribution in [0.4, 0.5) is 26.3 Å². The van der Waals surface area contributed by atoms with Crippen molar-refractivity contribution in [2.75, 3.05) is 0 Å². The molecule has 2 aromatic carbocycles. The Morgan fingerprint density at radius 2 is 1.19 bits per heavy atom. The van der Waals surface area contributed by atoms with Gasteiger partial charge < -0.3 is 18.5 Å². The number of hydrogen-bond acceptors (Lipinski definition) is 8. The average molecular weight is 677 g/mol. The normalized spacial score (nSPS) is 16.0. The molecule has 6 rings (SSSR count). The second-order valence-corrected chi connectivity index (χ2v) is 12.0. The van der Waals surface area contributed by atoms with Crippen molar-refractivity contribution in [3.63, 3.8) is 0 Å². The van der Waals surface area contributed by atoms with Gasteiger partial charge in [-0.3, -0.25) is 9.59 Å². The van der Waals surface area contributed by atoms with Crippen LogP contribution in [-0.4, -0.2) is 22.3 Å². The van der Waals surface area contributed by atoms with E-state index >= 15 is 0 Å². The molecule has 0 bridgehead atoms. The molecule has 2 heterocycles. The number of ether oxygens (including phenoxy) is 2. The highest BCUT2D eigenvalue weighted by Gasteiger charge is 2.38. The number of alkyl halides is 6. The second-order valence-electron chi connectivity index (χ2n) is 12.0. The molecule has 4 aromatic rings. The summed E-state index contributed by atoms with van der Waals surface area (Å²) in [7, 11) is 0. The van der Waals surface area contributed by atoms with Gasteiger partial charge >= 0.3 is 24.3 Å². The Bertz CT molecular complexity index is 1780. The van der Waals surface area contributed by atoms with E-state index in [1.165, 1.54) is 18.2 Å². The third-order valence-corrected chi connectivity index (χ3v) is 8.75. The summed E-state index contributed by atoms with van der Waals surface area (Å²) in [6, 6.07) is 8.56. The van der Waals surface area contributed by atoms with Gasteiger partial charge in [0.25, 0.3) is 0 Å². The lowest BCUT2D eigenvalue weighted by Gasteiger charge is -2.17. The largest absolute Gasteiger partial charge is 0.457 e. The molecule has 254 valence electrons. The van der Waals surface area contributed by atoms with Crippen LogP contribution in [0.1, 0.15) is 74.0 Å². The van der Waals surface area contributed by atoms with Crippen molar-refractivity contribution in [2.24, 2.45) is 11.8 Å². The van der Waals surface area contributed by atoms with Crippen LogP contribution >= 0.6 is 0 Å². The number of rotatable bonds is 9. The van der Waals surface area contributed by atoms with E-state index in [1.807, 2.05) is 0 Å². The van der Waals surface area contributed by atoms with Crippen LogP contribution in [-0.2, 0) is 44.6 Å². The highest BCUT2D eigenvalue weighted by atomic mass is 19.4. The number of nitrogens with zero attached hydrogens (tertiary/aromatic N) is 2. The SMILES string of the molecule is O=C(OCc1cc(-c2cc(-c3cccc(C(F)(F)F)c3-c3cc(COC(=O)C4CCCC4)on3)ccc2C(F)(F)F)no1)C1CCCC1. The smallest absolute Gasteiger partial charge is 0.417 e. The minimum atomic E-state index is -4.87. The zero-order valence-corrected chi connectivity index (χ0v) is 25.5. The number of halogens is 6. The first-order valence-electron chi connectivity index (χ1n) is 15.6. The van der Waals surface area contributed by atoms with Crippen molar-refractivity contribution >= 4 is 11.9 Å². The topological polar surface area (TPSA) is 105 Å². The maximum Gasteiger partial charge on any atom is 0.417 e. The first-order chi connectivity index (χ1) is 22.9. The van der Waals surface area contributed by atoms with Gasteiger partial charge in [-0.15, -0.1) is 0 Å². The van der Waals surface area contributed by atoms with Crippen molar-refractivity contribution in [1.82, 2.24) is 10.3 Å². The maximum absolute atomic E-state index is 14.3. The quantitative estimate of drug-likeness (QED) is 0.128. The van der Waals surface area contributed by atoms with Crippen molar-refractivity contribution in [1.29, 1.82) is 0 Å². The van der Waals surface area contributed by atoms with Crippen LogP contribution in [0.25, 0.3) is 33.6 Å². The molecule has 2 saturated carbocycles. The van der Waals surface area contributed by atoms with Crippen LogP contribution in [0.5, 0.6) is 0 Å². The Morgan fingerprint density at radius 1 is 0.667 bits per heavy atom. The number of aromatic nitrogens is 2. The zero-order valence-electron chi connectivity index (χ0n) is 25.5. The lowest BCUT2D eigenvalue weighted by atomic mass is 9.90. The third kappa shape index (κ3) is 7.26. The summed E-state index contributed by atoms with van der Waals surface area (Å²) >= 11 is 0. The van der Waals surface area contributed by atoms with E-state index in [0.717, 1.165) is 56.0 Å². The molecule has 2 aliphatic carbocycles.